The molecule has 0 saturated carbocycles. The van der Waals surface area contributed by atoms with Gasteiger partial charge in [-0.2, -0.15) is 0 Å². The van der Waals surface area contributed by atoms with E-state index in [1.165, 1.54) is 6.07 Å². The lowest BCUT2D eigenvalue weighted by Crippen LogP contribution is -2.16. The van der Waals surface area contributed by atoms with Crippen molar-refractivity contribution in [2.24, 2.45) is 0 Å². The van der Waals surface area contributed by atoms with E-state index in [2.05, 4.69) is 10.6 Å². The smallest absolute Gasteiger partial charge is 0.338 e. The topological polar surface area (TPSA) is 67.4 Å². The van der Waals surface area contributed by atoms with Crippen LogP contribution in [0.25, 0.3) is 0 Å². The van der Waals surface area contributed by atoms with Crippen molar-refractivity contribution in [2.45, 2.75) is 13.8 Å². The van der Waals surface area contributed by atoms with Crippen LogP contribution in [0.5, 0.6) is 0 Å². The Balaban J connectivity index is 2.33. The van der Waals surface area contributed by atoms with E-state index in [1.807, 2.05) is 6.92 Å². The molecule has 0 atom stereocenters. The Hall–Kier alpha value is -2.96. The quantitative estimate of drug-likeness (QED) is 0.779. The third kappa shape index (κ3) is 4.53. The molecule has 0 heterocycles. The number of anilines is 2. The van der Waals surface area contributed by atoms with Crippen LogP contribution in [0.15, 0.2) is 36.4 Å². The molecule has 132 valence electrons. The molecular formula is C18H18F2N2O3. The lowest BCUT2D eigenvalue weighted by atomic mass is 10.1. The molecule has 0 spiro atoms. The van der Waals surface area contributed by atoms with Crippen LogP contribution in [0.3, 0.4) is 0 Å². The molecule has 2 aromatic rings. The Morgan fingerprint density at radius 1 is 1.04 bits per heavy atom. The minimum Gasteiger partial charge on any atom is -0.462 e. The summed E-state index contributed by atoms with van der Waals surface area (Å²) >= 11 is 0. The van der Waals surface area contributed by atoms with E-state index in [-0.39, 0.29) is 17.7 Å². The largest absolute Gasteiger partial charge is 0.462 e. The van der Waals surface area contributed by atoms with Crippen LogP contribution in [0, 0.1) is 11.6 Å². The summed E-state index contributed by atoms with van der Waals surface area (Å²) in [5, 5.41) is 5.57. The summed E-state index contributed by atoms with van der Waals surface area (Å²) in [7, 11) is 0. The SMILES string of the molecule is CCNc1ccc(C(=O)OCC)cc1NC(=O)c1ccc(F)cc1F. The Labute approximate surface area is 144 Å². The van der Waals surface area contributed by atoms with Crippen molar-refractivity contribution in [3.05, 3.63) is 59.2 Å². The fourth-order valence-corrected chi connectivity index (χ4v) is 2.20. The monoisotopic (exact) mass is 348 g/mol. The molecule has 5 nitrogen and oxygen atoms in total. The van der Waals surface area contributed by atoms with Crippen LogP contribution in [-0.4, -0.2) is 25.0 Å². The van der Waals surface area contributed by atoms with Gasteiger partial charge in [0.15, 0.2) is 0 Å². The third-order valence-electron chi connectivity index (χ3n) is 3.32. The normalized spacial score (nSPS) is 10.2. The van der Waals surface area contributed by atoms with Crippen molar-refractivity contribution in [1.29, 1.82) is 0 Å². The molecule has 25 heavy (non-hydrogen) atoms. The average Bonchev–Trinajstić information content (AvgIpc) is 2.56. The Bertz CT molecular complexity index is 794. The third-order valence-corrected chi connectivity index (χ3v) is 3.32. The van der Waals surface area contributed by atoms with Gasteiger partial charge in [-0.05, 0) is 44.2 Å². The maximum absolute atomic E-state index is 13.8. The van der Waals surface area contributed by atoms with Crippen molar-refractivity contribution in [1.82, 2.24) is 0 Å². The molecule has 0 fully saturated rings. The van der Waals surface area contributed by atoms with Gasteiger partial charge in [0, 0.05) is 12.6 Å². The number of nitrogens with one attached hydrogen (secondary N) is 2. The molecule has 0 bridgehead atoms. The van der Waals surface area contributed by atoms with Gasteiger partial charge in [0.05, 0.1) is 29.1 Å². The number of benzene rings is 2. The lowest BCUT2D eigenvalue weighted by Gasteiger charge is -2.14. The first kappa shape index (κ1) is 18.4. The number of carbonyl (C=O) groups excluding carboxylic acids is 2. The molecule has 2 rings (SSSR count). The van der Waals surface area contributed by atoms with Crippen molar-refractivity contribution in [2.75, 3.05) is 23.8 Å². The lowest BCUT2D eigenvalue weighted by molar-refractivity contribution is 0.0526. The predicted octanol–water partition coefficient (Wildman–Crippen LogP) is 3.83. The van der Waals surface area contributed by atoms with Crippen LogP contribution in [0.4, 0.5) is 20.2 Å². The summed E-state index contributed by atoms with van der Waals surface area (Å²) in [6.45, 7) is 4.35. The zero-order valence-corrected chi connectivity index (χ0v) is 13.9. The molecule has 0 aliphatic rings. The van der Waals surface area contributed by atoms with E-state index in [4.69, 9.17) is 4.74 Å². The standard InChI is InChI=1S/C18H18F2N2O3/c1-3-21-15-8-5-11(18(24)25-4-2)9-16(15)22-17(23)13-7-6-12(19)10-14(13)20/h5-10,21H,3-4H2,1-2H3,(H,22,23). The summed E-state index contributed by atoms with van der Waals surface area (Å²) in [6, 6.07) is 7.31. The van der Waals surface area contributed by atoms with Gasteiger partial charge in [-0.15, -0.1) is 0 Å². The maximum Gasteiger partial charge on any atom is 0.338 e. The van der Waals surface area contributed by atoms with Gasteiger partial charge >= 0.3 is 5.97 Å². The van der Waals surface area contributed by atoms with Crippen LogP contribution in [-0.2, 0) is 4.74 Å². The van der Waals surface area contributed by atoms with Crippen molar-refractivity contribution in [3.63, 3.8) is 0 Å². The van der Waals surface area contributed by atoms with E-state index < -0.39 is 23.5 Å². The van der Waals surface area contributed by atoms with E-state index in [9.17, 15) is 18.4 Å². The number of esters is 1. The highest BCUT2D eigenvalue weighted by Gasteiger charge is 2.16. The highest BCUT2D eigenvalue weighted by molar-refractivity contribution is 6.07. The van der Waals surface area contributed by atoms with Gasteiger partial charge in [0.1, 0.15) is 11.6 Å². The molecule has 0 aliphatic heterocycles. The Morgan fingerprint density at radius 3 is 2.44 bits per heavy atom. The zero-order chi connectivity index (χ0) is 18.4. The number of amides is 1. The molecule has 2 N–H and O–H groups in total. The van der Waals surface area contributed by atoms with Gasteiger partial charge < -0.3 is 15.4 Å². The van der Waals surface area contributed by atoms with Crippen LogP contribution >= 0.6 is 0 Å². The first-order valence-electron chi connectivity index (χ1n) is 7.77. The van der Waals surface area contributed by atoms with Crippen LogP contribution < -0.4 is 10.6 Å². The zero-order valence-electron chi connectivity index (χ0n) is 13.9. The summed E-state index contributed by atoms with van der Waals surface area (Å²) in [5.41, 5.74) is 0.802. The van der Waals surface area contributed by atoms with E-state index in [0.29, 0.717) is 24.0 Å². The van der Waals surface area contributed by atoms with Gasteiger partial charge in [-0.25, -0.2) is 13.6 Å². The first-order valence-corrected chi connectivity index (χ1v) is 7.77. The Morgan fingerprint density at radius 2 is 1.80 bits per heavy atom. The fourth-order valence-electron chi connectivity index (χ4n) is 2.20. The number of hydrogen-bond donors (Lipinski definition) is 2. The second-order valence-corrected chi connectivity index (χ2v) is 5.09. The molecule has 7 heteroatoms. The summed E-state index contributed by atoms with van der Waals surface area (Å²) < 4.78 is 31.7. The summed E-state index contributed by atoms with van der Waals surface area (Å²) in [4.78, 5) is 24.1. The molecule has 0 aliphatic carbocycles. The summed E-state index contributed by atoms with van der Waals surface area (Å²) in [5.74, 6) is -3.03. The van der Waals surface area contributed by atoms with Crippen molar-refractivity contribution < 1.29 is 23.1 Å². The van der Waals surface area contributed by atoms with Crippen molar-refractivity contribution in [3.8, 4) is 0 Å². The molecule has 2 aromatic carbocycles. The molecule has 1 amide bonds. The average molecular weight is 348 g/mol. The second kappa shape index (κ2) is 8.23. The highest BCUT2D eigenvalue weighted by atomic mass is 19.1. The number of carbonyl (C=O) groups is 2. The summed E-state index contributed by atoms with van der Waals surface area (Å²) in [6.07, 6.45) is 0. The van der Waals surface area contributed by atoms with E-state index >= 15 is 0 Å². The van der Waals surface area contributed by atoms with Crippen LogP contribution in [0.2, 0.25) is 0 Å². The van der Waals surface area contributed by atoms with E-state index in [0.717, 1.165) is 12.1 Å². The number of halogens is 2. The number of rotatable bonds is 6. The minimum absolute atomic E-state index is 0.219. The van der Waals surface area contributed by atoms with Gasteiger partial charge in [-0.1, -0.05) is 0 Å². The fraction of sp³-hybridized carbons (Fsp3) is 0.222. The Kier molecular flexibility index (Phi) is 6.05. The molecule has 0 radical (unpaired) electrons. The number of hydrogen-bond acceptors (Lipinski definition) is 4. The number of ether oxygens (including phenoxy) is 1. The second-order valence-electron chi connectivity index (χ2n) is 5.09. The molecule has 0 unspecified atom stereocenters. The van der Waals surface area contributed by atoms with Gasteiger partial charge in [0.25, 0.3) is 5.91 Å². The minimum atomic E-state index is -0.968. The predicted molar refractivity (Wildman–Crippen MR) is 90.9 cm³/mol. The molecular weight excluding hydrogens is 330 g/mol. The highest BCUT2D eigenvalue weighted by Crippen LogP contribution is 2.25. The maximum atomic E-state index is 13.8. The van der Waals surface area contributed by atoms with Gasteiger partial charge in [0.2, 0.25) is 0 Å². The van der Waals surface area contributed by atoms with Crippen molar-refractivity contribution >= 4 is 23.3 Å². The van der Waals surface area contributed by atoms with Gasteiger partial charge in [-0.3, -0.25) is 4.79 Å². The van der Waals surface area contributed by atoms with Crippen LogP contribution in [0.1, 0.15) is 34.6 Å². The first-order chi connectivity index (χ1) is 12.0. The molecule has 0 aromatic heterocycles. The molecule has 0 saturated heterocycles. The van der Waals surface area contributed by atoms with E-state index in [1.54, 1.807) is 19.1 Å².